The van der Waals surface area contributed by atoms with Crippen LogP contribution in [0.15, 0.2) is 18.2 Å². The molecule has 0 aromatic heterocycles. The SMILES string of the molecule is Cc1ccc(O)c(NC(=O)CC2CSCCN2)c1. The Labute approximate surface area is 111 Å². The number of carbonyl (C=O) groups excluding carboxylic acids is 1. The highest BCUT2D eigenvalue weighted by atomic mass is 32.2. The number of carbonyl (C=O) groups is 1. The standard InChI is InChI=1S/C13H18N2O2S/c1-9-2-3-12(16)11(6-9)15-13(17)7-10-8-18-5-4-14-10/h2-3,6,10,14,16H,4-5,7-8H2,1H3,(H,15,17). The average Bonchev–Trinajstić information content (AvgIpc) is 2.35. The number of aryl methyl sites for hydroxylation is 1. The molecule has 18 heavy (non-hydrogen) atoms. The molecule has 98 valence electrons. The van der Waals surface area contributed by atoms with Crippen molar-refractivity contribution in [2.75, 3.05) is 23.4 Å². The van der Waals surface area contributed by atoms with E-state index in [0.29, 0.717) is 12.1 Å². The van der Waals surface area contributed by atoms with Crippen LogP contribution in [-0.2, 0) is 4.79 Å². The van der Waals surface area contributed by atoms with Gasteiger partial charge in [-0.3, -0.25) is 4.79 Å². The molecule has 1 amide bonds. The fraction of sp³-hybridized carbons (Fsp3) is 0.462. The smallest absolute Gasteiger partial charge is 0.226 e. The summed E-state index contributed by atoms with van der Waals surface area (Å²) in [4.78, 5) is 11.9. The quantitative estimate of drug-likeness (QED) is 0.729. The van der Waals surface area contributed by atoms with Gasteiger partial charge in [-0.2, -0.15) is 11.8 Å². The summed E-state index contributed by atoms with van der Waals surface area (Å²) in [5, 5.41) is 15.7. The van der Waals surface area contributed by atoms with E-state index in [9.17, 15) is 9.90 Å². The molecule has 4 nitrogen and oxygen atoms in total. The molecule has 1 unspecified atom stereocenters. The summed E-state index contributed by atoms with van der Waals surface area (Å²) in [5.74, 6) is 2.13. The molecular weight excluding hydrogens is 248 g/mol. The van der Waals surface area contributed by atoms with Gasteiger partial charge in [0.15, 0.2) is 0 Å². The van der Waals surface area contributed by atoms with Crippen LogP contribution in [0.5, 0.6) is 5.75 Å². The third-order valence-corrected chi connectivity index (χ3v) is 3.99. The van der Waals surface area contributed by atoms with Crippen LogP contribution in [0.25, 0.3) is 0 Å². The van der Waals surface area contributed by atoms with E-state index in [4.69, 9.17) is 0 Å². The van der Waals surface area contributed by atoms with Crippen LogP contribution in [0, 0.1) is 6.92 Å². The van der Waals surface area contributed by atoms with Crippen molar-refractivity contribution >= 4 is 23.4 Å². The van der Waals surface area contributed by atoms with E-state index in [0.717, 1.165) is 23.6 Å². The van der Waals surface area contributed by atoms with Crippen molar-refractivity contribution in [2.24, 2.45) is 0 Å². The highest BCUT2D eigenvalue weighted by Gasteiger charge is 2.17. The van der Waals surface area contributed by atoms with Crippen molar-refractivity contribution in [1.82, 2.24) is 5.32 Å². The van der Waals surface area contributed by atoms with Gasteiger partial charge in [0.25, 0.3) is 0 Å². The van der Waals surface area contributed by atoms with E-state index in [-0.39, 0.29) is 17.7 Å². The Hall–Kier alpha value is -1.20. The maximum absolute atomic E-state index is 11.9. The van der Waals surface area contributed by atoms with Crippen LogP contribution in [-0.4, -0.2) is 35.1 Å². The Bertz CT molecular complexity index is 431. The molecule has 1 aliphatic rings. The number of nitrogens with one attached hydrogen (secondary N) is 2. The molecule has 1 aromatic rings. The van der Waals surface area contributed by atoms with Crippen LogP contribution in [0.4, 0.5) is 5.69 Å². The van der Waals surface area contributed by atoms with Crippen molar-refractivity contribution in [2.45, 2.75) is 19.4 Å². The van der Waals surface area contributed by atoms with Gasteiger partial charge in [-0.25, -0.2) is 0 Å². The number of phenols is 1. The van der Waals surface area contributed by atoms with Crippen LogP contribution in [0.2, 0.25) is 0 Å². The molecule has 1 atom stereocenters. The van der Waals surface area contributed by atoms with Crippen molar-refractivity contribution in [3.05, 3.63) is 23.8 Å². The van der Waals surface area contributed by atoms with Crippen LogP contribution < -0.4 is 10.6 Å². The van der Waals surface area contributed by atoms with Crippen molar-refractivity contribution in [3.63, 3.8) is 0 Å². The number of aromatic hydroxyl groups is 1. The predicted molar refractivity (Wildman–Crippen MR) is 75.2 cm³/mol. The summed E-state index contributed by atoms with van der Waals surface area (Å²) in [5.41, 5.74) is 1.50. The molecule has 0 spiro atoms. The Kier molecular flexibility index (Phi) is 4.49. The second-order valence-corrected chi connectivity index (χ2v) is 5.65. The van der Waals surface area contributed by atoms with Crippen molar-refractivity contribution < 1.29 is 9.90 Å². The highest BCUT2D eigenvalue weighted by molar-refractivity contribution is 7.99. The minimum Gasteiger partial charge on any atom is -0.506 e. The van der Waals surface area contributed by atoms with Crippen LogP contribution in [0.3, 0.4) is 0 Å². The molecule has 0 aliphatic carbocycles. The van der Waals surface area contributed by atoms with E-state index < -0.39 is 0 Å². The van der Waals surface area contributed by atoms with E-state index in [1.165, 1.54) is 0 Å². The molecule has 1 heterocycles. The second-order valence-electron chi connectivity index (χ2n) is 4.50. The molecule has 1 fully saturated rings. The number of thioether (sulfide) groups is 1. The number of hydrogen-bond acceptors (Lipinski definition) is 4. The van der Waals surface area contributed by atoms with Gasteiger partial charge >= 0.3 is 0 Å². The maximum Gasteiger partial charge on any atom is 0.226 e. The Morgan fingerprint density at radius 1 is 1.61 bits per heavy atom. The Morgan fingerprint density at radius 3 is 3.17 bits per heavy atom. The first kappa shape index (κ1) is 13.2. The third-order valence-electron chi connectivity index (χ3n) is 2.86. The highest BCUT2D eigenvalue weighted by Crippen LogP contribution is 2.24. The zero-order valence-electron chi connectivity index (χ0n) is 10.4. The molecule has 1 saturated heterocycles. The largest absolute Gasteiger partial charge is 0.506 e. The molecule has 2 rings (SSSR count). The lowest BCUT2D eigenvalue weighted by Crippen LogP contribution is -2.39. The summed E-state index contributed by atoms with van der Waals surface area (Å²) in [6.45, 7) is 2.88. The molecule has 3 N–H and O–H groups in total. The topological polar surface area (TPSA) is 61.4 Å². The minimum absolute atomic E-state index is 0.0594. The molecule has 1 aliphatic heterocycles. The third kappa shape index (κ3) is 3.65. The van der Waals surface area contributed by atoms with Gasteiger partial charge in [0.05, 0.1) is 5.69 Å². The van der Waals surface area contributed by atoms with E-state index >= 15 is 0 Å². The van der Waals surface area contributed by atoms with E-state index in [1.807, 2.05) is 24.8 Å². The first-order chi connectivity index (χ1) is 8.65. The fourth-order valence-electron chi connectivity index (χ4n) is 1.93. The monoisotopic (exact) mass is 266 g/mol. The van der Waals surface area contributed by atoms with Gasteiger partial charge in [0.1, 0.15) is 5.75 Å². The molecule has 0 saturated carbocycles. The zero-order chi connectivity index (χ0) is 13.0. The lowest BCUT2D eigenvalue weighted by Gasteiger charge is -2.22. The molecule has 0 bridgehead atoms. The van der Waals surface area contributed by atoms with Gasteiger partial charge in [-0.05, 0) is 24.6 Å². The Balaban J connectivity index is 1.92. The maximum atomic E-state index is 11.9. The normalized spacial score (nSPS) is 19.5. The van der Waals surface area contributed by atoms with E-state index in [2.05, 4.69) is 10.6 Å². The van der Waals surface area contributed by atoms with Gasteiger partial charge in [-0.15, -0.1) is 0 Å². The number of rotatable bonds is 3. The summed E-state index contributed by atoms with van der Waals surface area (Å²) < 4.78 is 0. The number of phenolic OH excluding ortho intramolecular Hbond substituents is 1. The molecule has 1 aromatic carbocycles. The molecular formula is C13H18N2O2S. The number of amides is 1. The second kappa shape index (κ2) is 6.11. The van der Waals surface area contributed by atoms with Gasteiger partial charge in [-0.1, -0.05) is 6.07 Å². The summed E-state index contributed by atoms with van der Waals surface area (Å²) >= 11 is 1.87. The van der Waals surface area contributed by atoms with Gasteiger partial charge in [0, 0.05) is 30.5 Å². The van der Waals surface area contributed by atoms with Gasteiger partial charge in [0.2, 0.25) is 5.91 Å². The van der Waals surface area contributed by atoms with Crippen molar-refractivity contribution in [3.8, 4) is 5.75 Å². The lowest BCUT2D eigenvalue weighted by atomic mass is 10.2. The number of hydrogen-bond donors (Lipinski definition) is 3. The first-order valence-corrected chi connectivity index (χ1v) is 7.21. The molecule has 5 heteroatoms. The summed E-state index contributed by atoms with van der Waals surface area (Å²) in [6, 6.07) is 5.41. The predicted octanol–water partition coefficient (Wildman–Crippen LogP) is 1.73. The van der Waals surface area contributed by atoms with Gasteiger partial charge < -0.3 is 15.7 Å². The first-order valence-electron chi connectivity index (χ1n) is 6.06. The van der Waals surface area contributed by atoms with Crippen LogP contribution >= 0.6 is 11.8 Å². The minimum atomic E-state index is -0.0594. The Morgan fingerprint density at radius 2 is 2.44 bits per heavy atom. The average molecular weight is 266 g/mol. The fourth-order valence-corrected chi connectivity index (χ4v) is 2.87. The van der Waals surface area contributed by atoms with E-state index in [1.54, 1.807) is 12.1 Å². The lowest BCUT2D eigenvalue weighted by molar-refractivity contribution is -0.116. The number of anilines is 1. The summed E-state index contributed by atoms with van der Waals surface area (Å²) in [6.07, 6.45) is 0.445. The molecule has 0 radical (unpaired) electrons. The number of benzene rings is 1. The summed E-state index contributed by atoms with van der Waals surface area (Å²) in [7, 11) is 0. The zero-order valence-corrected chi connectivity index (χ0v) is 11.2. The van der Waals surface area contributed by atoms with Crippen LogP contribution in [0.1, 0.15) is 12.0 Å². The van der Waals surface area contributed by atoms with Crippen molar-refractivity contribution in [1.29, 1.82) is 0 Å².